The van der Waals surface area contributed by atoms with Crippen LogP contribution < -0.4 is 38.1 Å². The molecular formula is C66H53GeN4OPtSi-3. The SMILES string of the molecule is CC(C)(C)c1ccnc(-n2c3c4c5[c](cc(Oc6[c-]c(N7[CH-]N(c8c(-c9ccccc9)cccc8-c8ccccc8)c8ccccc87)ccc6)[c-]c52)[Ge]2([c]5ccccc5[Si](C)(C)c5cccc[c]52)[CH]4CC=C3)c1.[Pt]. The molecule has 8 aromatic carbocycles. The fraction of sp³-hybridized carbons (Fsp3) is 0.121. The van der Waals surface area contributed by atoms with Gasteiger partial charge >= 0.3 is 345 Å². The average Bonchev–Trinajstić information content (AvgIpc) is 4.14. The first kappa shape index (κ1) is 46.8. The van der Waals surface area contributed by atoms with Crippen molar-refractivity contribution in [3.05, 3.63) is 236 Å². The van der Waals surface area contributed by atoms with Gasteiger partial charge in [-0.15, -0.1) is 0 Å². The number of nitrogens with zero attached hydrogens (tertiary/aromatic N) is 4. The van der Waals surface area contributed by atoms with Crippen LogP contribution in [0.2, 0.25) is 13.1 Å². The second-order valence-corrected chi connectivity index (χ2v) is 34.1. The van der Waals surface area contributed by atoms with Gasteiger partial charge in [-0.25, -0.2) is 0 Å². The van der Waals surface area contributed by atoms with E-state index in [0.717, 1.165) is 62.8 Å². The molecule has 74 heavy (non-hydrogen) atoms. The monoisotopic (exact) mass is 1210 g/mol. The zero-order chi connectivity index (χ0) is 49.2. The van der Waals surface area contributed by atoms with Crippen molar-refractivity contribution in [3.8, 4) is 39.6 Å². The Morgan fingerprint density at radius 3 is 1.91 bits per heavy atom. The van der Waals surface area contributed by atoms with Gasteiger partial charge in [-0.1, -0.05) is 78.9 Å². The number of para-hydroxylation sites is 3. The molecule has 10 aromatic rings. The van der Waals surface area contributed by atoms with Crippen molar-refractivity contribution in [2.45, 2.75) is 50.5 Å². The van der Waals surface area contributed by atoms with Crippen LogP contribution in [-0.2, 0) is 26.5 Å². The molecule has 5 nitrogen and oxygen atoms in total. The van der Waals surface area contributed by atoms with Crippen molar-refractivity contribution in [2.24, 2.45) is 0 Å². The minimum atomic E-state index is -3.59. The summed E-state index contributed by atoms with van der Waals surface area (Å²) in [6.07, 6.45) is 7.79. The molecule has 8 heteroatoms. The van der Waals surface area contributed by atoms with Crippen molar-refractivity contribution in [1.82, 2.24) is 9.55 Å². The van der Waals surface area contributed by atoms with Crippen LogP contribution in [0, 0.1) is 18.8 Å². The van der Waals surface area contributed by atoms with E-state index in [0.29, 0.717) is 16.2 Å². The summed E-state index contributed by atoms with van der Waals surface area (Å²) in [6, 6.07) is 76.6. The first-order valence-corrected chi connectivity index (χ1v) is 32.9. The van der Waals surface area contributed by atoms with E-state index in [1.54, 1.807) is 19.2 Å². The Balaban J connectivity index is 0.00000528. The van der Waals surface area contributed by atoms with Crippen LogP contribution in [0.1, 0.15) is 48.8 Å². The normalized spacial score (nSPS) is 16.2. The topological polar surface area (TPSA) is 33.5 Å². The van der Waals surface area contributed by atoms with E-state index >= 15 is 0 Å². The number of pyridine rings is 1. The number of anilines is 4. The van der Waals surface area contributed by atoms with Gasteiger partial charge in [-0.2, -0.15) is 0 Å². The fourth-order valence-corrected chi connectivity index (χ4v) is 34.2. The summed E-state index contributed by atoms with van der Waals surface area (Å²) in [5, 5.41) is 4.52. The Morgan fingerprint density at radius 2 is 1.24 bits per heavy atom. The van der Waals surface area contributed by atoms with Gasteiger partial charge in [0, 0.05) is 21.1 Å². The average molecular weight is 1210 g/mol. The van der Waals surface area contributed by atoms with Crippen molar-refractivity contribution in [3.63, 3.8) is 0 Å². The van der Waals surface area contributed by atoms with Crippen molar-refractivity contribution in [2.75, 3.05) is 9.80 Å². The zero-order valence-electron chi connectivity index (χ0n) is 42.0. The molecule has 3 aliphatic heterocycles. The third-order valence-electron chi connectivity index (χ3n) is 16.2. The van der Waals surface area contributed by atoms with Crippen molar-refractivity contribution >= 4 is 84.6 Å². The van der Waals surface area contributed by atoms with Crippen LogP contribution in [0.25, 0.3) is 45.1 Å². The summed E-state index contributed by atoms with van der Waals surface area (Å²) in [5.74, 6) is 2.24. The summed E-state index contributed by atoms with van der Waals surface area (Å²) in [4.78, 5) is 9.72. The zero-order valence-corrected chi connectivity index (χ0v) is 47.4. The number of allylic oxidation sites excluding steroid dienone is 1. The van der Waals surface area contributed by atoms with E-state index in [2.05, 4.69) is 261 Å². The summed E-state index contributed by atoms with van der Waals surface area (Å²) >= 11 is -3.59. The van der Waals surface area contributed by atoms with Crippen LogP contribution in [0.15, 0.2) is 200 Å². The Bertz CT molecular complexity index is 3790. The molecule has 0 saturated heterocycles. The third kappa shape index (κ3) is 6.94. The minimum Gasteiger partial charge on any atom is 0 e. The Morgan fingerprint density at radius 1 is 0.635 bits per heavy atom. The number of rotatable bonds is 7. The molecular weight excluding hydrogens is 1160 g/mol. The van der Waals surface area contributed by atoms with E-state index in [1.165, 1.54) is 26.6 Å². The molecule has 5 heterocycles. The van der Waals surface area contributed by atoms with Gasteiger partial charge in [0.15, 0.2) is 0 Å². The van der Waals surface area contributed by atoms with E-state index in [-0.39, 0.29) is 26.5 Å². The molecule has 0 N–H and O–H groups in total. The van der Waals surface area contributed by atoms with Gasteiger partial charge in [0.1, 0.15) is 0 Å². The third-order valence-corrected chi connectivity index (χ3v) is 32.1. The first-order valence-electron chi connectivity index (χ1n) is 25.6. The standard InChI is InChI=1S/C66H53GeN4OSi.Pt/c1-66(2,3)46-37-38-68-62(39-46)71-58-34-20-31-54-63(58)64-55(67(54)52-29-12-16-35-60(52)73(4,5)61-36-17-13-30-53(61)67)41-49(42-59(64)71)72-48-26-18-25-47(40-48)69-43-70(57-33-15-14-32-56(57)69)65-50(44-21-8-6-9-22-44)27-19-28-51(65)45-23-10-7-11-24-45;/h6-30,32-39,41,43,54H,31H2,1-5H3;/q-3;. The number of ether oxygens (including phenoxy) is 1. The molecule has 1 unspecified atom stereocenters. The number of benzene rings is 8. The molecule has 0 saturated carbocycles. The summed E-state index contributed by atoms with van der Waals surface area (Å²) < 4.78 is 14.7. The minimum absolute atomic E-state index is 0. The summed E-state index contributed by atoms with van der Waals surface area (Å²) in [6.45, 7) is 14.2. The van der Waals surface area contributed by atoms with Crippen LogP contribution >= 0.6 is 0 Å². The molecule has 4 aliphatic rings. The smallest absolute Gasteiger partial charge is 0 e. The van der Waals surface area contributed by atoms with Crippen LogP contribution in [0.3, 0.4) is 0 Å². The van der Waals surface area contributed by atoms with Gasteiger partial charge in [0.25, 0.3) is 0 Å². The predicted octanol–water partition coefficient (Wildman–Crippen LogP) is 13.1. The largest absolute Gasteiger partial charge is 0 e. The van der Waals surface area contributed by atoms with Gasteiger partial charge in [-0.05, 0) is 11.1 Å². The maximum absolute atomic E-state index is 7.24. The second-order valence-electron chi connectivity index (χ2n) is 21.6. The summed E-state index contributed by atoms with van der Waals surface area (Å²) in [7, 11) is -2.05. The molecule has 364 valence electrons. The molecule has 0 fully saturated rings. The molecule has 0 bridgehead atoms. The quantitative estimate of drug-likeness (QED) is 0.118. The maximum Gasteiger partial charge on any atom is 0 e. The molecule has 1 atom stereocenters. The van der Waals surface area contributed by atoms with E-state index < -0.39 is 21.3 Å². The van der Waals surface area contributed by atoms with E-state index in [1.807, 2.05) is 12.3 Å². The Kier molecular flexibility index (Phi) is 11.1. The first-order chi connectivity index (χ1) is 35.6. The number of aromatic nitrogens is 2. The van der Waals surface area contributed by atoms with Crippen molar-refractivity contribution in [1.29, 1.82) is 0 Å². The molecule has 0 radical (unpaired) electrons. The van der Waals surface area contributed by atoms with E-state index in [4.69, 9.17) is 9.72 Å². The number of fused-ring (bicyclic) bond motifs is 7. The van der Waals surface area contributed by atoms with Crippen LogP contribution in [0.5, 0.6) is 11.5 Å². The van der Waals surface area contributed by atoms with Crippen LogP contribution in [0.4, 0.5) is 22.7 Å². The fourth-order valence-electron chi connectivity index (χ4n) is 12.9. The molecule has 1 aliphatic carbocycles. The second kappa shape index (κ2) is 17.6. The molecule has 1 spiro atoms. The molecule has 0 amide bonds. The van der Waals surface area contributed by atoms with Gasteiger partial charge in [0.2, 0.25) is 0 Å². The van der Waals surface area contributed by atoms with Gasteiger partial charge in [0.05, 0.1) is 0 Å². The number of hydrogen-bond donors (Lipinski definition) is 0. The summed E-state index contributed by atoms with van der Waals surface area (Å²) in [5.41, 5.74) is 13.7. The molecule has 14 rings (SSSR count). The Labute approximate surface area is 452 Å². The maximum atomic E-state index is 7.24. The molecule has 2 aromatic heterocycles. The van der Waals surface area contributed by atoms with Crippen molar-refractivity contribution < 1.29 is 25.8 Å². The van der Waals surface area contributed by atoms with E-state index in [9.17, 15) is 0 Å². The predicted molar refractivity (Wildman–Crippen MR) is 307 cm³/mol. The Hall–Kier alpha value is -6.96. The van der Waals surface area contributed by atoms with Gasteiger partial charge < -0.3 is 0 Å². The number of hydrogen-bond acceptors (Lipinski definition) is 4. The van der Waals surface area contributed by atoms with Crippen LogP contribution in [-0.4, -0.2) is 30.9 Å². The van der Waals surface area contributed by atoms with Gasteiger partial charge in [-0.3, -0.25) is 0 Å².